The van der Waals surface area contributed by atoms with Crippen LogP contribution in [0.2, 0.25) is 5.02 Å². The first-order valence-electron chi connectivity index (χ1n) is 4.56. The predicted octanol–water partition coefficient (Wildman–Crippen LogP) is 0.922. The van der Waals surface area contributed by atoms with E-state index in [1.54, 1.807) is 6.07 Å². The molecule has 0 heterocycles. The molecule has 0 atom stereocenters. The highest BCUT2D eigenvalue weighted by molar-refractivity contribution is 6.31. The second-order valence-electron chi connectivity index (χ2n) is 3.18. The zero-order valence-corrected chi connectivity index (χ0v) is 8.84. The molecular weight excluding hydrogens is 221 g/mol. The van der Waals surface area contributed by atoms with Gasteiger partial charge in [-0.05, 0) is 17.7 Å². The van der Waals surface area contributed by atoms with Gasteiger partial charge in [0.25, 0.3) is 0 Å². The first-order chi connectivity index (χ1) is 7.17. The Balaban J connectivity index is 2.57. The van der Waals surface area contributed by atoms with Crippen molar-refractivity contribution in [2.75, 3.05) is 13.2 Å². The van der Waals surface area contributed by atoms with Crippen LogP contribution in [0.25, 0.3) is 0 Å². The van der Waals surface area contributed by atoms with Crippen LogP contribution in [0.5, 0.6) is 0 Å². The van der Waals surface area contributed by atoms with Crippen LogP contribution in [0, 0.1) is 5.82 Å². The Hall–Kier alpha value is -0.680. The van der Waals surface area contributed by atoms with Crippen LogP contribution in [0.3, 0.4) is 0 Å². The lowest BCUT2D eigenvalue weighted by Crippen LogP contribution is -2.35. The predicted molar refractivity (Wildman–Crippen MR) is 56.2 cm³/mol. The Morgan fingerprint density at radius 1 is 1.33 bits per heavy atom. The van der Waals surface area contributed by atoms with Gasteiger partial charge in [0.15, 0.2) is 0 Å². The lowest BCUT2D eigenvalue weighted by Gasteiger charge is -2.13. The lowest BCUT2D eigenvalue weighted by atomic mass is 10.2. The molecule has 0 fully saturated rings. The van der Waals surface area contributed by atoms with Crippen molar-refractivity contribution >= 4 is 11.6 Å². The smallest absolute Gasteiger partial charge is 0.124 e. The van der Waals surface area contributed by atoms with E-state index >= 15 is 0 Å². The number of nitrogens with one attached hydrogen (secondary N) is 1. The molecule has 0 saturated heterocycles. The van der Waals surface area contributed by atoms with Crippen molar-refractivity contribution in [3.05, 3.63) is 34.6 Å². The van der Waals surface area contributed by atoms with Gasteiger partial charge in [-0.3, -0.25) is 0 Å². The molecule has 1 aromatic carbocycles. The van der Waals surface area contributed by atoms with E-state index in [2.05, 4.69) is 5.32 Å². The minimum absolute atomic E-state index is 0.157. The van der Waals surface area contributed by atoms with Gasteiger partial charge in [-0.25, -0.2) is 4.39 Å². The Labute approximate surface area is 92.5 Å². The summed E-state index contributed by atoms with van der Waals surface area (Å²) in [7, 11) is 0. The Kier molecular flexibility index (Phi) is 4.98. The van der Waals surface area contributed by atoms with Crippen molar-refractivity contribution < 1.29 is 14.6 Å². The number of aliphatic hydroxyl groups excluding tert-OH is 2. The number of benzene rings is 1. The minimum atomic E-state index is -0.385. The van der Waals surface area contributed by atoms with Crippen LogP contribution in [0.4, 0.5) is 4.39 Å². The highest BCUT2D eigenvalue weighted by Crippen LogP contribution is 2.16. The molecule has 5 heteroatoms. The summed E-state index contributed by atoms with van der Waals surface area (Å²) in [6.45, 7) is 0.0650. The van der Waals surface area contributed by atoms with Crippen LogP contribution < -0.4 is 5.32 Å². The number of hydrogen-bond acceptors (Lipinski definition) is 3. The fraction of sp³-hybridized carbons (Fsp3) is 0.400. The molecule has 0 saturated carbocycles. The second-order valence-corrected chi connectivity index (χ2v) is 3.59. The quantitative estimate of drug-likeness (QED) is 0.709. The molecule has 0 radical (unpaired) electrons. The molecule has 0 aliphatic rings. The molecule has 84 valence electrons. The van der Waals surface area contributed by atoms with E-state index in [0.717, 1.165) is 5.56 Å². The van der Waals surface area contributed by atoms with Crippen LogP contribution in [-0.2, 0) is 6.54 Å². The number of hydrogen-bond donors (Lipinski definition) is 3. The van der Waals surface area contributed by atoms with Crippen LogP contribution in [0.1, 0.15) is 5.56 Å². The van der Waals surface area contributed by atoms with Crippen molar-refractivity contribution in [3.63, 3.8) is 0 Å². The van der Waals surface area contributed by atoms with Gasteiger partial charge in [0.2, 0.25) is 0 Å². The first kappa shape index (κ1) is 12.4. The largest absolute Gasteiger partial charge is 0.395 e. The molecule has 0 amide bonds. The maximum Gasteiger partial charge on any atom is 0.124 e. The summed E-state index contributed by atoms with van der Waals surface area (Å²) in [5, 5.41) is 20.8. The summed E-state index contributed by atoms with van der Waals surface area (Å²) in [4.78, 5) is 0. The molecule has 1 aromatic rings. The van der Waals surface area contributed by atoms with E-state index < -0.39 is 0 Å². The highest BCUT2D eigenvalue weighted by Gasteiger charge is 2.06. The average Bonchev–Trinajstić information content (AvgIpc) is 2.22. The molecule has 15 heavy (non-hydrogen) atoms. The summed E-state index contributed by atoms with van der Waals surface area (Å²) in [5.74, 6) is -0.385. The fourth-order valence-electron chi connectivity index (χ4n) is 1.11. The third-order valence-electron chi connectivity index (χ3n) is 2.04. The summed E-state index contributed by atoms with van der Waals surface area (Å²) >= 11 is 5.79. The summed E-state index contributed by atoms with van der Waals surface area (Å²) in [6.07, 6.45) is 0. The van der Waals surface area contributed by atoms with Crippen molar-refractivity contribution in [2.24, 2.45) is 0 Å². The Morgan fingerprint density at radius 2 is 2.00 bits per heavy atom. The van der Waals surface area contributed by atoms with Crippen LogP contribution in [0.15, 0.2) is 18.2 Å². The first-order valence-corrected chi connectivity index (χ1v) is 4.94. The molecule has 0 aliphatic carbocycles. The molecule has 0 aliphatic heterocycles. The molecule has 0 aromatic heterocycles. The number of aliphatic hydroxyl groups is 2. The molecular formula is C10H13ClFNO2. The summed E-state index contributed by atoms with van der Waals surface area (Å²) in [6, 6.07) is 3.73. The molecule has 0 unspecified atom stereocenters. The SMILES string of the molecule is OCC(CO)NCc1ccc(F)cc1Cl. The van der Waals surface area contributed by atoms with E-state index in [4.69, 9.17) is 21.8 Å². The zero-order valence-electron chi connectivity index (χ0n) is 8.08. The third kappa shape index (κ3) is 3.76. The summed E-state index contributed by atoms with van der Waals surface area (Å²) < 4.78 is 12.7. The van der Waals surface area contributed by atoms with Gasteiger partial charge in [-0.1, -0.05) is 17.7 Å². The molecule has 3 nitrogen and oxygen atoms in total. The van der Waals surface area contributed by atoms with Crippen molar-refractivity contribution in [1.29, 1.82) is 0 Å². The minimum Gasteiger partial charge on any atom is -0.395 e. The maximum atomic E-state index is 12.7. The standard InChI is InChI=1S/C10H13ClFNO2/c11-10-3-8(12)2-1-7(10)4-13-9(5-14)6-15/h1-3,9,13-15H,4-6H2. The van der Waals surface area contributed by atoms with Gasteiger partial charge in [0.05, 0.1) is 19.3 Å². The second kappa shape index (κ2) is 6.02. The fourth-order valence-corrected chi connectivity index (χ4v) is 1.34. The highest BCUT2D eigenvalue weighted by atomic mass is 35.5. The molecule has 1 rings (SSSR count). The number of rotatable bonds is 5. The maximum absolute atomic E-state index is 12.7. The molecule has 3 N–H and O–H groups in total. The normalized spacial score (nSPS) is 11.0. The van der Waals surface area contributed by atoms with Gasteiger partial charge in [0, 0.05) is 11.6 Å². The van der Waals surface area contributed by atoms with E-state index in [1.165, 1.54) is 12.1 Å². The van der Waals surface area contributed by atoms with Crippen molar-refractivity contribution in [1.82, 2.24) is 5.32 Å². The van der Waals surface area contributed by atoms with Gasteiger partial charge >= 0.3 is 0 Å². The van der Waals surface area contributed by atoms with Gasteiger partial charge in [0.1, 0.15) is 5.82 Å². The topological polar surface area (TPSA) is 52.5 Å². The zero-order chi connectivity index (χ0) is 11.3. The molecule has 0 bridgehead atoms. The van der Waals surface area contributed by atoms with E-state index in [-0.39, 0.29) is 25.1 Å². The molecule has 0 spiro atoms. The lowest BCUT2D eigenvalue weighted by molar-refractivity contribution is 0.170. The van der Waals surface area contributed by atoms with Crippen molar-refractivity contribution in [3.8, 4) is 0 Å². The van der Waals surface area contributed by atoms with E-state index in [9.17, 15) is 4.39 Å². The van der Waals surface area contributed by atoms with E-state index in [0.29, 0.717) is 11.6 Å². The van der Waals surface area contributed by atoms with Crippen LogP contribution >= 0.6 is 11.6 Å². The van der Waals surface area contributed by atoms with Crippen LogP contribution in [-0.4, -0.2) is 29.5 Å². The van der Waals surface area contributed by atoms with E-state index in [1.807, 2.05) is 0 Å². The summed E-state index contributed by atoms with van der Waals surface area (Å²) in [5.41, 5.74) is 0.727. The van der Waals surface area contributed by atoms with Gasteiger partial charge in [-0.2, -0.15) is 0 Å². The Morgan fingerprint density at radius 3 is 2.53 bits per heavy atom. The van der Waals surface area contributed by atoms with Gasteiger partial charge < -0.3 is 15.5 Å². The third-order valence-corrected chi connectivity index (χ3v) is 2.39. The van der Waals surface area contributed by atoms with Crippen molar-refractivity contribution in [2.45, 2.75) is 12.6 Å². The van der Waals surface area contributed by atoms with Gasteiger partial charge in [-0.15, -0.1) is 0 Å². The monoisotopic (exact) mass is 233 g/mol. The Bertz CT molecular complexity index is 318. The number of halogens is 2. The average molecular weight is 234 g/mol.